The van der Waals surface area contributed by atoms with Crippen molar-refractivity contribution < 1.29 is 0 Å². The summed E-state index contributed by atoms with van der Waals surface area (Å²) in [7, 11) is 0. The molecule has 0 spiro atoms. The van der Waals surface area contributed by atoms with Crippen LogP contribution in [0.4, 0.5) is 0 Å². The van der Waals surface area contributed by atoms with Gasteiger partial charge in [-0.05, 0) is 52.0 Å². The molecule has 5 nitrogen and oxygen atoms in total. The number of hydrogen-bond acceptors (Lipinski definition) is 4. The van der Waals surface area contributed by atoms with Gasteiger partial charge in [0, 0.05) is 4.47 Å². The van der Waals surface area contributed by atoms with Crippen molar-refractivity contribution in [3.05, 3.63) is 34.6 Å². The molecule has 0 amide bonds. The zero-order chi connectivity index (χ0) is 12.3. The van der Waals surface area contributed by atoms with E-state index in [0.717, 1.165) is 22.5 Å². The molecule has 0 bridgehead atoms. The predicted octanol–water partition coefficient (Wildman–Crippen LogP) is 2.10. The standard InChI is InChI=1S/C11H14BrN5/c1-3-13-8(2)11-14-15-16-17(11)10-7-5-4-6-9(10)12/h4-8,13H,3H2,1-2H3. The van der Waals surface area contributed by atoms with Crippen LogP contribution in [0.25, 0.3) is 5.69 Å². The first kappa shape index (κ1) is 12.2. The van der Waals surface area contributed by atoms with Gasteiger partial charge in [-0.1, -0.05) is 19.1 Å². The molecule has 1 aromatic heterocycles. The van der Waals surface area contributed by atoms with Crippen molar-refractivity contribution in [2.45, 2.75) is 19.9 Å². The maximum atomic E-state index is 4.07. The van der Waals surface area contributed by atoms with E-state index in [1.54, 1.807) is 4.68 Å². The Morgan fingerprint density at radius 3 is 2.88 bits per heavy atom. The number of para-hydroxylation sites is 1. The first-order valence-corrected chi connectivity index (χ1v) is 6.30. The van der Waals surface area contributed by atoms with Crippen LogP contribution in [0.1, 0.15) is 25.7 Å². The van der Waals surface area contributed by atoms with E-state index in [9.17, 15) is 0 Å². The molecule has 0 aliphatic heterocycles. The molecule has 1 heterocycles. The number of aromatic nitrogens is 4. The Hall–Kier alpha value is -1.27. The molecule has 1 unspecified atom stereocenters. The highest BCUT2D eigenvalue weighted by atomic mass is 79.9. The fourth-order valence-corrected chi connectivity index (χ4v) is 2.11. The van der Waals surface area contributed by atoms with E-state index in [0.29, 0.717) is 0 Å². The average Bonchev–Trinajstić information content (AvgIpc) is 2.79. The lowest BCUT2D eigenvalue weighted by atomic mass is 10.3. The van der Waals surface area contributed by atoms with Gasteiger partial charge in [0.05, 0.1) is 11.7 Å². The van der Waals surface area contributed by atoms with E-state index in [2.05, 4.69) is 43.7 Å². The molecule has 1 aromatic carbocycles. The monoisotopic (exact) mass is 295 g/mol. The van der Waals surface area contributed by atoms with Crippen LogP contribution in [0.15, 0.2) is 28.7 Å². The second-order valence-corrected chi connectivity index (χ2v) is 4.53. The number of halogens is 1. The maximum absolute atomic E-state index is 4.07. The van der Waals surface area contributed by atoms with Crippen LogP contribution in [0.3, 0.4) is 0 Å². The van der Waals surface area contributed by atoms with E-state index in [4.69, 9.17) is 0 Å². The first-order valence-electron chi connectivity index (χ1n) is 5.50. The third kappa shape index (κ3) is 2.53. The molecule has 0 aliphatic rings. The Morgan fingerprint density at radius 2 is 2.18 bits per heavy atom. The summed E-state index contributed by atoms with van der Waals surface area (Å²) in [4.78, 5) is 0. The van der Waals surface area contributed by atoms with Crippen molar-refractivity contribution in [2.75, 3.05) is 6.54 Å². The van der Waals surface area contributed by atoms with Gasteiger partial charge in [0.25, 0.3) is 0 Å². The minimum atomic E-state index is 0.113. The summed E-state index contributed by atoms with van der Waals surface area (Å²) in [6.45, 7) is 4.98. The largest absolute Gasteiger partial charge is 0.308 e. The van der Waals surface area contributed by atoms with Gasteiger partial charge in [0.15, 0.2) is 5.82 Å². The van der Waals surface area contributed by atoms with E-state index in [1.165, 1.54) is 0 Å². The average molecular weight is 296 g/mol. The normalized spacial score (nSPS) is 12.6. The summed E-state index contributed by atoms with van der Waals surface area (Å²) < 4.78 is 2.72. The molecule has 0 saturated carbocycles. The smallest absolute Gasteiger partial charge is 0.173 e. The van der Waals surface area contributed by atoms with E-state index < -0.39 is 0 Å². The number of hydrogen-bond donors (Lipinski definition) is 1. The molecule has 0 saturated heterocycles. The zero-order valence-corrected chi connectivity index (χ0v) is 11.3. The lowest BCUT2D eigenvalue weighted by molar-refractivity contribution is 0.550. The van der Waals surface area contributed by atoms with E-state index >= 15 is 0 Å². The summed E-state index contributed by atoms with van der Waals surface area (Å²) in [6.07, 6.45) is 0. The molecule has 90 valence electrons. The highest BCUT2D eigenvalue weighted by molar-refractivity contribution is 9.10. The van der Waals surface area contributed by atoms with Crippen LogP contribution >= 0.6 is 15.9 Å². The minimum absolute atomic E-state index is 0.113. The van der Waals surface area contributed by atoms with Gasteiger partial charge >= 0.3 is 0 Å². The maximum Gasteiger partial charge on any atom is 0.173 e. The van der Waals surface area contributed by atoms with E-state index in [1.807, 2.05) is 31.2 Å². The van der Waals surface area contributed by atoms with Gasteiger partial charge in [-0.15, -0.1) is 5.10 Å². The summed E-state index contributed by atoms with van der Waals surface area (Å²) in [5, 5.41) is 15.2. The molecule has 1 N–H and O–H groups in total. The fourth-order valence-electron chi connectivity index (χ4n) is 1.66. The summed E-state index contributed by atoms with van der Waals surface area (Å²) in [6, 6.07) is 7.98. The van der Waals surface area contributed by atoms with Gasteiger partial charge in [-0.3, -0.25) is 0 Å². The molecule has 17 heavy (non-hydrogen) atoms. The van der Waals surface area contributed by atoms with Crippen LogP contribution in [0.2, 0.25) is 0 Å². The Labute approximate surface area is 108 Å². The van der Waals surface area contributed by atoms with Gasteiger partial charge in [-0.2, -0.15) is 4.68 Å². The molecular formula is C11H14BrN5. The van der Waals surface area contributed by atoms with Crippen LogP contribution in [0.5, 0.6) is 0 Å². The van der Waals surface area contributed by atoms with Crippen molar-refractivity contribution in [3.63, 3.8) is 0 Å². The number of rotatable bonds is 4. The second-order valence-electron chi connectivity index (χ2n) is 3.68. The van der Waals surface area contributed by atoms with Gasteiger partial charge < -0.3 is 5.32 Å². The number of nitrogens with zero attached hydrogens (tertiary/aromatic N) is 4. The highest BCUT2D eigenvalue weighted by Gasteiger charge is 2.15. The van der Waals surface area contributed by atoms with Crippen molar-refractivity contribution in [1.29, 1.82) is 0 Å². The van der Waals surface area contributed by atoms with Crippen LogP contribution in [-0.4, -0.2) is 26.8 Å². The molecule has 0 fully saturated rings. The Balaban J connectivity index is 2.40. The SMILES string of the molecule is CCNC(C)c1nnnn1-c1ccccc1Br. The minimum Gasteiger partial charge on any atom is -0.308 e. The highest BCUT2D eigenvalue weighted by Crippen LogP contribution is 2.22. The topological polar surface area (TPSA) is 55.6 Å². The summed E-state index contributed by atoms with van der Waals surface area (Å²) in [5.74, 6) is 0.804. The predicted molar refractivity (Wildman–Crippen MR) is 68.9 cm³/mol. The molecular weight excluding hydrogens is 282 g/mol. The van der Waals surface area contributed by atoms with Crippen LogP contribution in [-0.2, 0) is 0 Å². The third-order valence-electron chi connectivity index (χ3n) is 2.47. The lowest BCUT2D eigenvalue weighted by Crippen LogP contribution is -2.21. The summed E-state index contributed by atoms with van der Waals surface area (Å²) >= 11 is 3.50. The Morgan fingerprint density at radius 1 is 1.41 bits per heavy atom. The molecule has 2 aromatic rings. The molecule has 0 radical (unpaired) electrons. The third-order valence-corrected chi connectivity index (χ3v) is 3.14. The molecule has 0 aliphatic carbocycles. The molecule has 6 heteroatoms. The van der Waals surface area contributed by atoms with Gasteiger partial charge in [0.1, 0.15) is 0 Å². The number of benzene rings is 1. The Kier molecular flexibility index (Phi) is 3.86. The Bertz CT molecular complexity index is 496. The zero-order valence-electron chi connectivity index (χ0n) is 9.76. The second kappa shape index (κ2) is 5.37. The number of tetrazole rings is 1. The summed E-state index contributed by atoms with van der Waals surface area (Å²) in [5.41, 5.74) is 0.942. The van der Waals surface area contributed by atoms with Crippen LogP contribution < -0.4 is 5.32 Å². The van der Waals surface area contributed by atoms with Crippen LogP contribution in [0, 0.1) is 0 Å². The van der Waals surface area contributed by atoms with Crippen molar-refractivity contribution in [2.24, 2.45) is 0 Å². The fraction of sp³-hybridized carbons (Fsp3) is 0.364. The van der Waals surface area contributed by atoms with Gasteiger partial charge in [-0.25, -0.2) is 0 Å². The number of nitrogens with one attached hydrogen (secondary N) is 1. The van der Waals surface area contributed by atoms with Gasteiger partial charge in [0.2, 0.25) is 0 Å². The molecule has 1 atom stereocenters. The molecule has 2 rings (SSSR count). The van der Waals surface area contributed by atoms with Crippen molar-refractivity contribution in [3.8, 4) is 5.69 Å². The first-order chi connectivity index (χ1) is 8.24. The van der Waals surface area contributed by atoms with Crippen molar-refractivity contribution in [1.82, 2.24) is 25.5 Å². The van der Waals surface area contributed by atoms with E-state index in [-0.39, 0.29) is 6.04 Å². The lowest BCUT2D eigenvalue weighted by Gasteiger charge is -2.12. The van der Waals surface area contributed by atoms with Crippen molar-refractivity contribution >= 4 is 15.9 Å². The quantitative estimate of drug-likeness (QED) is 0.938.